The van der Waals surface area contributed by atoms with Crippen LogP contribution in [0.2, 0.25) is 0 Å². The molecule has 0 spiro atoms. The molecule has 0 aliphatic heterocycles. The zero-order valence-corrected chi connectivity index (χ0v) is 14.3. The van der Waals surface area contributed by atoms with Crippen molar-refractivity contribution in [1.29, 1.82) is 0 Å². The molecule has 1 heterocycles. The number of hydrogen-bond acceptors (Lipinski definition) is 3. The maximum absolute atomic E-state index is 12.6. The van der Waals surface area contributed by atoms with E-state index in [9.17, 15) is 18.3 Å². The summed E-state index contributed by atoms with van der Waals surface area (Å²) in [5.41, 5.74) is 1.36. The monoisotopic (exact) mass is 352 g/mol. The molecule has 0 fully saturated rings. The third kappa shape index (κ3) is 5.28. The molecule has 2 atom stereocenters. The topological polar surface area (TPSA) is 45.1 Å². The van der Waals surface area contributed by atoms with Crippen LogP contribution < -0.4 is 5.32 Å². The van der Waals surface area contributed by atoms with E-state index in [0.717, 1.165) is 24.2 Å². The van der Waals surface area contributed by atoms with Gasteiger partial charge in [-0.1, -0.05) is 38.5 Å². The van der Waals surface area contributed by atoms with Gasteiger partial charge in [-0.15, -0.1) is 0 Å². The minimum Gasteiger partial charge on any atom is -0.395 e. The first-order chi connectivity index (χ1) is 11.8. The van der Waals surface area contributed by atoms with Crippen molar-refractivity contribution in [2.24, 2.45) is 5.92 Å². The number of aromatic nitrogens is 1. The fourth-order valence-corrected chi connectivity index (χ4v) is 2.53. The van der Waals surface area contributed by atoms with Gasteiger partial charge in [0.25, 0.3) is 0 Å². The van der Waals surface area contributed by atoms with E-state index in [4.69, 9.17) is 0 Å². The molecule has 2 aromatic rings. The summed E-state index contributed by atoms with van der Waals surface area (Å²) < 4.78 is 37.9. The van der Waals surface area contributed by atoms with Crippen LogP contribution in [0.3, 0.4) is 0 Å². The largest absolute Gasteiger partial charge is 0.416 e. The molecule has 0 amide bonds. The van der Waals surface area contributed by atoms with Gasteiger partial charge < -0.3 is 10.4 Å². The predicted molar refractivity (Wildman–Crippen MR) is 91.8 cm³/mol. The van der Waals surface area contributed by atoms with Crippen molar-refractivity contribution in [3.63, 3.8) is 0 Å². The maximum atomic E-state index is 12.6. The summed E-state index contributed by atoms with van der Waals surface area (Å²) in [5, 5.41) is 12.7. The van der Waals surface area contributed by atoms with Gasteiger partial charge in [0.05, 0.1) is 23.6 Å². The van der Waals surface area contributed by atoms with E-state index >= 15 is 0 Å². The minimum atomic E-state index is -4.34. The van der Waals surface area contributed by atoms with Gasteiger partial charge >= 0.3 is 6.18 Å². The van der Waals surface area contributed by atoms with Gasteiger partial charge in [-0.2, -0.15) is 13.2 Å². The highest BCUT2D eigenvalue weighted by molar-refractivity contribution is 5.59. The van der Waals surface area contributed by atoms with Gasteiger partial charge in [-0.25, -0.2) is 0 Å². The van der Waals surface area contributed by atoms with Gasteiger partial charge in [-0.05, 0) is 30.2 Å². The number of nitrogens with zero attached hydrogens (tertiary/aromatic N) is 1. The average molecular weight is 352 g/mol. The highest BCUT2D eigenvalue weighted by atomic mass is 19.4. The molecule has 1 aromatic carbocycles. The molecule has 2 rings (SSSR count). The molecule has 2 N–H and O–H groups in total. The Kier molecular flexibility index (Phi) is 6.56. The minimum absolute atomic E-state index is 0.0125. The number of nitrogens with one attached hydrogen (secondary N) is 1. The molecule has 0 aliphatic carbocycles. The molecule has 0 radical (unpaired) electrons. The molecular weight excluding hydrogens is 329 g/mol. The standard InChI is InChI=1S/C19H23F3N2O/c1-3-13(2)18(12-25)23-11-16-5-4-6-17(24-16)14-7-9-15(10-8-14)19(20,21)22/h4-10,13,18,23,25H,3,11-12H2,1-2H3/t13-,18+/m0/s1. The summed E-state index contributed by atoms with van der Waals surface area (Å²) >= 11 is 0. The smallest absolute Gasteiger partial charge is 0.395 e. The van der Waals surface area contributed by atoms with Crippen LogP contribution in [-0.2, 0) is 12.7 Å². The summed E-state index contributed by atoms with van der Waals surface area (Å²) in [4.78, 5) is 4.50. The van der Waals surface area contributed by atoms with Crippen molar-refractivity contribution in [3.05, 3.63) is 53.7 Å². The summed E-state index contributed by atoms with van der Waals surface area (Å²) in [6.45, 7) is 4.68. The van der Waals surface area contributed by atoms with E-state index < -0.39 is 11.7 Å². The van der Waals surface area contributed by atoms with E-state index in [-0.39, 0.29) is 12.6 Å². The van der Waals surface area contributed by atoms with Crippen molar-refractivity contribution < 1.29 is 18.3 Å². The van der Waals surface area contributed by atoms with Crippen LogP contribution in [0.1, 0.15) is 31.5 Å². The Balaban J connectivity index is 2.10. The lowest BCUT2D eigenvalue weighted by Crippen LogP contribution is -2.37. The lowest BCUT2D eigenvalue weighted by molar-refractivity contribution is -0.137. The zero-order chi connectivity index (χ0) is 18.4. The summed E-state index contributed by atoms with van der Waals surface area (Å²) in [7, 11) is 0. The quantitative estimate of drug-likeness (QED) is 0.782. The van der Waals surface area contributed by atoms with E-state index in [2.05, 4.69) is 24.1 Å². The number of hydrogen-bond donors (Lipinski definition) is 2. The van der Waals surface area contributed by atoms with Crippen molar-refractivity contribution in [2.45, 2.75) is 39.0 Å². The Morgan fingerprint density at radius 2 is 1.80 bits per heavy atom. The lowest BCUT2D eigenvalue weighted by atomic mass is 10.00. The van der Waals surface area contributed by atoms with Gasteiger partial charge in [0.2, 0.25) is 0 Å². The number of aliphatic hydroxyl groups excluding tert-OH is 1. The number of pyridine rings is 1. The first-order valence-electron chi connectivity index (χ1n) is 8.33. The molecule has 0 aliphatic rings. The molecule has 136 valence electrons. The van der Waals surface area contributed by atoms with Gasteiger partial charge in [0.1, 0.15) is 0 Å². The Morgan fingerprint density at radius 1 is 1.12 bits per heavy atom. The Morgan fingerprint density at radius 3 is 2.36 bits per heavy atom. The van der Waals surface area contributed by atoms with E-state index in [1.807, 2.05) is 12.1 Å². The fourth-order valence-electron chi connectivity index (χ4n) is 2.53. The molecule has 0 saturated heterocycles. The zero-order valence-electron chi connectivity index (χ0n) is 14.3. The average Bonchev–Trinajstić information content (AvgIpc) is 2.61. The molecule has 6 heteroatoms. The van der Waals surface area contributed by atoms with Crippen LogP contribution >= 0.6 is 0 Å². The third-order valence-corrected chi connectivity index (χ3v) is 4.39. The summed E-state index contributed by atoms with van der Waals surface area (Å²) in [6.07, 6.45) is -3.38. The van der Waals surface area contributed by atoms with Crippen LogP contribution in [0.4, 0.5) is 13.2 Å². The number of rotatable bonds is 7. The summed E-state index contributed by atoms with van der Waals surface area (Å²) in [6, 6.07) is 10.4. The Hall–Kier alpha value is -1.92. The highest BCUT2D eigenvalue weighted by Crippen LogP contribution is 2.30. The number of alkyl halides is 3. The molecule has 25 heavy (non-hydrogen) atoms. The van der Waals surface area contributed by atoms with Gasteiger partial charge in [0.15, 0.2) is 0 Å². The SMILES string of the molecule is CC[C@H](C)[C@@H](CO)NCc1cccc(-c2ccc(C(F)(F)F)cc2)n1. The molecule has 0 saturated carbocycles. The van der Waals surface area contributed by atoms with Crippen LogP contribution in [0.15, 0.2) is 42.5 Å². The Labute approximate surface area is 145 Å². The second-order valence-corrected chi connectivity index (χ2v) is 6.14. The van der Waals surface area contributed by atoms with Crippen LogP contribution in [-0.4, -0.2) is 22.7 Å². The molecule has 1 aromatic heterocycles. The normalized spacial score (nSPS) is 14.3. The lowest BCUT2D eigenvalue weighted by Gasteiger charge is -2.22. The maximum Gasteiger partial charge on any atom is 0.416 e. The van der Waals surface area contributed by atoms with Crippen LogP contribution in [0, 0.1) is 5.92 Å². The second-order valence-electron chi connectivity index (χ2n) is 6.14. The fraction of sp³-hybridized carbons (Fsp3) is 0.421. The van der Waals surface area contributed by atoms with E-state index in [1.165, 1.54) is 12.1 Å². The van der Waals surface area contributed by atoms with Crippen LogP contribution in [0.5, 0.6) is 0 Å². The van der Waals surface area contributed by atoms with Crippen molar-refractivity contribution >= 4 is 0 Å². The van der Waals surface area contributed by atoms with Crippen molar-refractivity contribution in [2.75, 3.05) is 6.61 Å². The van der Waals surface area contributed by atoms with E-state index in [1.54, 1.807) is 6.07 Å². The van der Waals surface area contributed by atoms with Crippen molar-refractivity contribution in [1.82, 2.24) is 10.3 Å². The molecular formula is C19H23F3N2O. The summed E-state index contributed by atoms with van der Waals surface area (Å²) in [5.74, 6) is 0.336. The van der Waals surface area contributed by atoms with Gasteiger partial charge in [0, 0.05) is 18.2 Å². The molecule has 3 nitrogen and oxygen atoms in total. The highest BCUT2D eigenvalue weighted by Gasteiger charge is 2.30. The number of halogens is 3. The van der Waals surface area contributed by atoms with Gasteiger partial charge in [-0.3, -0.25) is 4.98 Å². The molecule has 0 bridgehead atoms. The van der Waals surface area contributed by atoms with E-state index in [0.29, 0.717) is 23.7 Å². The van der Waals surface area contributed by atoms with Crippen molar-refractivity contribution in [3.8, 4) is 11.3 Å². The first kappa shape index (κ1) is 19.4. The second kappa shape index (κ2) is 8.45. The third-order valence-electron chi connectivity index (χ3n) is 4.39. The number of benzene rings is 1. The predicted octanol–water partition coefficient (Wildman–Crippen LogP) is 4.26. The first-order valence-corrected chi connectivity index (χ1v) is 8.33. The Bertz CT molecular complexity index is 671. The van der Waals surface area contributed by atoms with Crippen LogP contribution in [0.25, 0.3) is 11.3 Å². The molecule has 0 unspecified atom stereocenters. The number of aliphatic hydroxyl groups is 1.